The Balaban J connectivity index is 2.20. The molecular formula is C12H18N2O5S. The van der Waals surface area contributed by atoms with Crippen molar-refractivity contribution in [2.24, 2.45) is 0 Å². The minimum Gasteiger partial charge on any atom is -0.493 e. The van der Waals surface area contributed by atoms with Crippen LogP contribution in [0.15, 0.2) is 23.1 Å². The van der Waals surface area contributed by atoms with Gasteiger partial charge in [0.15, 0.2) is 11.5 Å². The molecule has 1 aromatic carbocycles. The van der Waals surface area contributed by atoms with Crippen molar-refractivity contribution in [1.29, 1.82) is 0 Å². The largest absolute Gasteiger partial charge is 0.493 e. The highest BCUT2D eigenvalue weighted by Gasteiger charge is 2.21. The summed E-state index contributed by atoms with van der Waals surface area (Å²) in [5.74, 6) is 0.857. The van der Waals surface area contributed by atoms with Crippen LogP contribution < -0.4 is 14.3 Å². The van der Waals surface area contributed by atoms with Crippen molar-refractivity contribution in [2.75, 3.05) is 40.5 Å². The van der Waals surface area contributed by atoms with Crippen molar-refractivity contribution in [2.45, 2.75) is 4.90 Å². The number of sulfonamides is 1. The molecule has 112 valence electrons. The standard InChI is InChI=1S/C12H18N2O5S/c1-17-11-4-3-10(9-12(11)18-2)20(15,16)13-14-5-7-19-8-6-14/h3-4,9,13H,5-8H2,1-2H3. The average molecular weight is 302 g/mol. The van der Waals surface area contributed by atoms with Gasteiger partial charge < -0.3 is 14.2 Å². The molecule has 0 saturated carbocycles. The Morgan fingerprint density at radius 3 is 2.40 bits per heavy atom. The summed E-state index contributed by atoms with van der Waals surface area (Å²) in [5, 5.41) is 1.62. The van der Waals surface area contributed by atoms with E-state index in [0.29, 0.717) is 37.8 Å². The molecule has 7 nitrogen and oxygen atoms in total. The lowest BCUT2D eigenvalue weighted by Gasteiger charge is -2.26. The molecule has 8 heteroatoms. The fraction of sp³-hybridized carbons (Fsp3) is 0.500. The van der Waals surface area contributed by atoms with Gasteiger partial charge in [-0.3, -0.25) is 0 Å². The van der Waals surface area contributed by atoms with Gasteiger partial charge in [-0.15, -0.1) is 4.83 Å². The molecule has 0 atom stereocenters. The van der Waals surface area contributed by atoms with Gasteiger partial charge in [0.05, 0.1) is 32.3 Å². The number of benzene rings is 1. The highest BCUT2D eigenvalue weighted by molar-refractivity contribution is 7.89. The zero-order valence-electron chi connectivity index (χ0n) is 11.5. The van der Waals surface area contributed by atoms with Crippen LogP contribution in [0.1, 0.15) is 0 Å². The molecule has 2 rings (SSSR count). The number of hydrazine groups is 1. The Labute approximate surface area is 118 Å². The summed E-state index contributed by atoms with van der Waals surface area (Å²) in [6.45, 7) is 2.06. The lowest BCUT2D eigenvalue weighted by atomic mass is 10.3. The van der Waals surface area contributed by atoms with Crippen LogP contribution in [0.3, 0.4) is 0 Å². The molecule has 0 bridgehead atoms. The third-order valence-corrected chi connectivity index (χ3v) is 4.30. The van der Waals surface area contributed by atoms with Crippen LogP contribution in [-0.4, -0.2) is 53.9 Å². The molecule has 1 heterocycles. The van der Waals surface area contributed by atoms with Crippen LogP contribution in [0.5, 0.6) is 11.5 Å². The summed E-state index contributed by atoms with van der Waals surface area (Å²) >= 11 is 0. The van der Waals surface area contributed by atoms with E-state index in [4.69, 9.17) is 14.2 Å². The quantitative estimate of drug-likeness (QED) is 0.839. The third kappa shape index (κ3) is 3.40. The van der Waals surface area contributed by atoms with E-state index in [-0.39, 0.29) is 4.90 Å². The lowest BCUT2D eigenvalue weighted by molar-refractivity contribution is 0.0272. The Morgan fingerprint density at radius 2 is 1.80 bits per heavy atom. The zero-order valence-corrected chi connectivity index (χ0v) is 12.3. The van der Waals surface area contributed by atoms with E-state index in [0.717, 1.165) is 0 Å². The number of nitrogens with one attached hydrogen (secondary N) is 1. The lowest BCUT2D eigenvalue weighted by Crippen LogP contribution is -2.48. The summed E-state index contributed by atoms with van der Waals surface area (Å²) in [6.07, 6.45) is 0. The predicted molar refractivity (Wildman–Crippen MR) is 72.3 cm³/mol. The predicted octanol–water partition coefficient (Wildman–Crippen LogP) is 0.229. The third-order valence-electron chi connectivity index (χ3n) is 2.93. The molecule has 0 radical (unpaired) electrons. The molecule has 0 aromatic heterocycles. The number of methoxy groups -OCH3 is 2. The molecule has 20 heavy (non-hydrogen) atoms. The van der Waals surface area contributed by atoms with Crippen LogP contribution >= 0.6 is 0 Å². The molecule has 1 saturated heterocycles. The van der Waals surface area contributed by atoms with E-state index in [1.165, 1.54) is 26.4 Å². The van der Waals surface area contributed by atoms with E-state index in [9.17, 15) is 8.42 Å². The second-order valence-corrected chi connectivity index (χ2v) is 5.87. The second-order valence-electron chi connectivity index (χ2n) is 4.21. The maximum absolute atomic E-state index is 12.3. The van der Waals surface area contributed by atoms with Gasteiger partial charge in [-0.2, -0.15) is 0 Å². The van der Waals surface area contributed by atoms with Gasteiger partial charge in [0, 0.05) is 19.2 Å². The van der Waals surface area contributed by atoms with Crippen molar-refractivity contribution in [1.82, 2.24) is 9.84 Å². The molecular weight excluding hydrogens is 284 g/mol. The topological polar surface area (TPSA) is 77.1 Å². The molecule has 0 amide bonds. The number of hydrogen-bond donors (Lipinski definition) is 1. The van der Waals surface area contributed by atoms with E-state index in [2.05, 4.69) is 4.83 Å². The fourth-order valence-corrected chi connectivity index (χ4v) is 3.00. The first-order valence-electron chi connectivity index (χ1n) is 6.14. The Bertz CT molecular complexity index is 555. The van der Waals surface area contributed by atoms with Gasteiger partial charge >= 0.3 is 0 Å². The molecule has 1 aliphatic heterocycles. The van der Waals surface area contributed by atoms with Crippen LogP contribution in [0.25, 0.3) is 0 Å². The van der Waals surface area contributed by atoms with E-state index in [1.54, 1.807) is 11.1 Å². The maximum Gasteiger partial charge on any atom is 0.253 e. The molecule has 1 aliphatic rings. The number of nitrogens with zero attached hydrogens (tertiary/aromatic N) is 1. The Kier molecular flexibility index (Phi) is 4.81. The molecule has 0 aliphatic carbocycles. The maximum atomic E-state index is 12.3. The van der Waals surface area contributed by atoms with Gasteiger partial charge in [-0.1, -0.05) is 0 Å². The van der Waals surface area contributed by atoms with Crippen molar-refractivity contribution in [3.05, 3.63) is 18.2 Å². The zero-order chi connectivity index (χ0) is 14.6. The summed E-state index contributed by atoms with van der Waals surface area (Å²) < 4.78 is 39.9. The van der Waals surface area contributed by atoms with E-state index in [1.807, 2.05) is 0 Å². The SMILES string of the molecule is COc1ccc(S(=O)(=O)NN2CCOCC2)cc1OC. The number of hydrogen-bond acceptors (Lipinski definition) is 6. The smallest absolute Gasteiger partial charge is 0.253 e. The summed E-state index contributed by atoms with van der Waals surface area (Å²) in [6, 6.07) is 4.47. The van der Waals surface area contributed by atoms with Crippen molar-refractivity contribution in [3.8, 4) is 11.5 Å². The molecule has 1 fully saturated rings. The van der Waals surface area contributed by atoms with Crippen molar-refractivity contribution in [3.63, 3.8) is 0 Å². The first-order valence-corrected chi connectivity index (χ1v) is 7.62. The molecule has 0 unspecified atom stereocenters. The highest BCUT2D eigenvalue weighted by Crippen LogP contribution is 2.29. The van der Waals surface area contributed by atoms with Crippen molar-refractivity contribution >= 4 is 10.0 Å². The number of ether oxygens (including phenoxy) is 3. The summed E-state index contributed by atoms with van der Waals surface area (Å²) in [4.78, 5) is 2.66. The second kappa shape index (κ2) is 6.40. The van der Waals surface area contributed by atoms with Crippen LogP contribution in [0.4, 0.5) is 0 Å². The number of rotatable bonds is 5. The first-order chi connectivity index (χ1) is 9.56. The fourth-order valence-electron chi connectivity index (χ4n) is 1.86. The minimum atomic E-state index is -3.63. The van der Waals surface area contributed by atoms with Crippen LogP contribution in [0.2, 0.25) is 0 Å². The van der Waals surface area contributed by atoms with E-state index >= 15 is 0 Å². The Hall–Kier alpha value is -1.35. The van der Waals surface area contributed by atoms with Crippen LogP contribution in [0, 0.1) is 0 Å². The number of morpholine rings is 1. The Morgan fingerprint density at radius 1 is 1.15 bits per heavy atom. The molecule has 1 N–H and O–H groups in total. The van der Waals surface area contributed by atoms with Gasteiger partial charge in [-0.05, 0) is 12.1 Å². The normalized spacial score (nSPS) is 16.9. The van der Waals surface area contributed by atoms with Crippen molar-refractivity contribution < 1.29 is 22.6 Å². The van der Waals surface area contributed by atoms with Gasteiger partial charge in [-0.25, -0.2) is 13.4 Å². The van der Waals surface area contributed by atoms with Gasteiger partial charge in [0.25, 0.3) is 10.0 Å². The average Bonchev–Trinajstić information content (AvgIpc) is 2.47. The minimum absolute atomic E-state index is 0.127. The summed E-state index contributed by atoms with van der Waals surface area (Å²) in [5.41, 5.74) is 0. The molecule has 1 aromatic rings. The van der Waals surface area contributed by atoms with E-state index < -0.39 is 10.0 Å². The monoisotopic (exact) mass is 302 g/mol. The van der Waals surface area contributed by atoms with Gasteiger partial charge in [0.1, 0.15) is 0 Å². The van der Waals surface area contributed by atoms with Crippen LogP contribution in [-0.2, 0) is 14.8 Å². The summed E-state index contributed by atoms with van der Waals surface area (Å²) in [7, 11) is -0.673. The van der Waals surface area contributed by atoms with Gasteiger partial charge in [0.2, 0.25) is 0 Å². The first kappa shape index (κ1) is 15.0. The highest BCUT2D eigenvalue weighted by atomic mass is 32.2. The molecule has 0 spiro atoms.